The molecule has 2 aromatic carbocycles. The van der Waals surface area contributed by atoms with E-state index in [1.807, 2.05) is 63.2 Å². The van der Waals surface area contributed by atoms with Crippen LogP contribution in [0.4, 0.5) is 0 Å². The summed E-state index contributed by atoms with van der Waals surface area (Å²) in [5, 5.41) is 9.63. The van der Waals surface area contributed by atoms with Crippen LogP contribution in [0.25, 0.3) is 22.4 Å². The number of furan rings is 1. The summed E-state index contributed by atoms with van der Waals surface area (Å²) in [7, 11) is 0. The van der Waals surface area contributed by atoms with Crippen LogP contribution in [0.3, 0.4) is 0 Å². The van der Waals surface area contributed by atoms with Crippen molar-refractivity contribution in [3.8, 4) is 11.5 Å². The Hall–Kier alpha value is -3.12. The van der Waals surface area contributed by atoms with Gasteiger partial charge in [-0.05, 0) is 39.0 Å². The van der Waals surface area contributed by atoms with Gasteiger partial charge in [-0.1, -0.05) is 41.9 Å². The fraction of sp³-hybridized carbons (Fsp3) is 0.227. The molecule has 0 fully saturated rings. The van der Waals surface area contributed by atoms with Gasteiger partial charge < -0.3 is 13.7 Å². The topological polar surface area (TPSA) is 72.4 Å². The number of amides is 1. The molecule has 0 spiro atoms. The highest BCUT2D eigenvalue weighted by atomic mass is 35.5. The van der Waals surface area contributed by atoms with Gasteiger partial charge in [0, 0.05) is 17.0 Å². The maximum Gasteiger partial charge on any atom is 0.290 e. The third kappa shape index (κ3) is 3.63. The molecule has 1 amide bonds. The molecule has 6 nitrogen and oxygen atoms in total. The zero-order valence-electron chi connectivity index (χ0n) is 16.3. The Morgan fingerprint density at radius 2 is 1.79 bits per heavy atom. The highest BCUT2D eigenvalue weighted by Crippen LogP contribution is 2.28. The van der Waals surface area contributed by atoms with E-state index in [9.17, 15) is 4.79 Å². The van der Waals surface area contributed by atoms with Crippen molar-refractivity contribution in [2.75, 3.05) is 0 Å². The van der Waals surface area contributed by atoms with Crippen molar-refractivity contribution in [2.45, 2.75) is 33.4 Å². The van der Waals surface area contributed by atoms with Crippen LogP contribution in [0.15, 0.2) is 57.4 Å². The summed E-state index contributed by atoms with van der Waals surface area (Å²) in [6.07, 6.45) is 0. The molecule has 0 bridgehead atoms. The summed E-state index contributed by atoms with van der Waals surface area (Å²) >= 11 is 6.21. The smallest absolute Gasteiger partial charge is 0.290 e. The van der Waals surface area contributed by atoms with Gasteiger partial charge in [-0.15, -0.1) is 10.2 Å². The fourth-order valence-electron chi connectivity index (χ4n) is 3.20. The fourth-order valence-corrected chi connectivity index (χ4v) is 3.42. The van der Waals surface area contributed by atoms with Crippen LogP contribution in [0.2, 0.25) is 5.02 Å². The van der Waals surface area contributed by atoms with Crippen molar-refractivity contribution in [1.29, 1.82) is 0 Å². The highest BCUT2D eigenvalue weighted by molar-refractivity contribution is 6.33. The molecule has 29 heavy (non-hydrogen) atoms. The van der Waals surface area contributed by atoms with E-state index < -0.39 is 0 Å². The zero-order valence-corrected chi connectivity index (χ0v) is 17.1. The lowest BCUT2D eigenvalue weighted by Crippen LogP contribution is -2.36. The van der Waals surface area contributed by atoms with Crippen molar-refractivity contribution in [2.24, 2.45) is 0 Å². The Balaban J connectivity index is 1.62. The highest BCUT2D eigenvalue weighted by Gasteiger charge is 2.27. The predicted octanol–water partition coefficient (Wildman–Crippen LogP) is 5.50. The quantitative estimate of drug-likeness (QED) is 0.435. The number of halogens is 1. The Bertz CT molecular complexity index is 1180. The zero-order chi connectivity index (χ0) is 20.5. The lowest BCUT2D eigenvalue weighted by Gasteiger charge is -2.24. The second kappa shape index (κ2) is 7.72. The average Bonchev–Trinajstić information content (AvgIpc) is 3.31. The minimum absolute atomic E-state index is 0.0919. The molecule has 4 rings (SSSR count). The summed E-state index contributed by atoms with van der Waals surface area (Å²) in [6, 6.07) is 14.8. The van der Waals surface area contributed by atoms with E-state index in [1.165, 1.54) is 0 Å². The maximum absolute atomic E-state index is 13.2. The molecule has 7 heteroatoms. The second-order valence-corrected chi connectivity index (χ2v) is 7.47. The van der Waals surface area contributed by atoms with Crippen LogP contribution >= 0.6 is 11.6 Å². The maximum atomic E-state index is 13.2. The molecule has 0 aliphatic carbocycles. The van der Waals surface area contributed by atoms with Gasteiger partial charge in [0.1, 0.15) is 5.58 Å². The number of nitrogens with zero attached hydrogens (tertiary/aromatic N) is 3. The monoisotopic (exact) mass is 409 g/mol. The van der Waals surface area contributed by atoms with E-state index in [-0.39, 0.29) is 18.5 Å². The number of hydrogen-bond donors (Lipinski definition) is 0. The van der Waals surface area contributed by atoms with Gasteiger partial charge in [-0.25, -0.2) is 0 Å². The molecule has 148 valence electrons. The average molecular weight is 410 g/mol. The number of aryl methyl sites for hydroxylation is 1. The van der Waals surface area contributed by atoms with Crippen molar-refractivity contribution in [1.82, 2.24) is 15.1 Å². The van der Waals surface area contributed by atoms with Crippen molar-refractivity contribution >= 4 is 28.5 Å². The van der Waals surface area contributed by atoms with Gasteiger partial charge in [0.05, 0.1) is 17.1 Å². The van der Waals surface area contributed by atoms with Gasteiger partial charge in [-0.2, -0.15) is 0 Å². The summed E-state index contributed by atoms with van der Waals surface area (Å²) in [4.78, 5) is 14.9. The lowest BCUT2D eigenvalue weighted by atomic mass is 10.1. The van der Waals surface area contributed by atoms with Gasteiger partial charge in [0.25, 0.3) is 5.91 Å². The third-order valence-electron chi connectivity index (χ3n) is 4.80. The molecule has 2 aromatic heterocycles. The van der Waals surface area contributed by atoms with E-state index in [1.54, 1.807) is 11.0 Å². The van der Waals surface area contributed by atoms with Crippen LogP contribution in [-0.2, 0) is 6.54 Å². The molecule has 0 saturated heterocycles. The molecule has 0 atom stereocenters. The molecular weight excluding hydrogens is 390 g/mol. The Labute approximate surface area is 173 Å². The summed E-state index contributed by atoms with van der Waals surface area (Å²) in [6.45, 7) is 5.92. The minimum Gasteiger partial charge on any atom is -0.451 e. The minimum atomic E-state index is -0.216. The number of carbonyl (C=O) groups is 1. The second-order valence-electron chi connectivity index (χ2n) is 7.06. The first kappa shape index (κ1) is 19.2. The first-order chi connectivity index (χ1) is 14.0. The third-order valence-corrected chi connectivity index (χ3v) is 5.13. The number of fused-ring (bicyclic) bond motifs is 1. The number of carbonyl (C=O) groups excluding carboxylic acids is 1. The van der Waals surface area contributed by atoms with Crippen molar-refractivity contribution in [3.05, 3.63) is 70.8 Å². The Kier molecular flexibility index (Phi) is 5.11. The number of benzene rings is 2. The van der Waals surface area contributed by atoms with Gasteiger partial charge in [0.2, 0.25) is 11.8 Å². The molecule has 2 heterocycles. The molecule has 4 aromatic rings. The summed E-state index contributed by atoms with van der Waals surface area (Å²) < 4.78 is 11.6. The Morgan fingerprint density at radius 1 is 1.07 bits per heavy atom. The van der Waals surface area contributed by atoms with Crippen LogP contribution in [0, 0.1) is 6.92 Å². The van der Waals surface area contributed by atoms with Gasteiger partial charge in [0.15, 0.2) is 5.76 Å². The van der Waals surface area contributed by atoms with Crippen molar-refractivity contribution < 1.29 is 13.6 Å². The molecular formula is C22H20ClN3O3. The van der Waals surface area contributed by atoms with Gasteiger partial charge >= 0.3 is 0 Å². The molecule has 0 aliphatic heterocycles. The first-order valence-electron chi connectivity index (χ1n) is 9.32. The van der Waals surface area contributed by atoms with E-state index >= 15 is 0 Å². The van der Waals surface area contributed by atoms with E-state index in [4.69, 9.17) is 20.4 Å². The van der Waals surface area contributed by atoms with Crippen LogP contribution < -0.4 is 0 Å². The molecule has 0 N–H and O–H groups in total. The number of hydrogen-bond acceptors (Lipinski definition) is 5. The molecule has 0 unspecified atom stereocenters. The summed E-state index contributed by atoms with van der Waals surface area (Å²) in [5.41, 5.74) is 2.16. The summed E-state index contributed by atoms with van der Waals surface area (Å²) in [5.74, 6) is 0.759. The number of rotatable bonds is 5. The molecule has 0 radical (unpaired) electrons. The van der Waals surface area contributed by atoms with Crippen LogP contribution in [0.5, 0.6) is 0 Å². The van der Waals surface area contributed by atoms with Crippen molar-refractivity contribution in [3.63, 3.8) is 0 Å². The van der Waals surface area contributed by atoms with Gasteiger partial charge in [-0.3, -0.25) is 4.79 Å². The first-order valence-corrected chi connectivity index (χ1v) is 9.70. The molecule has 0 aliphatic rings. The standard InChI is InChI=1S/C22H20ClN3O3/c1-13(2)26(22(27)20-14(3)15-8-5-7-11-18(15)28-20)12-19-24-25-21(29-19)16-9-4-6-10-17(16)23/h4-11,13H,12H2,1-3H3. The number of para-hydroxylation sites is 1. The van der Waals surface area contributed by atoms with E-state index in [0.717, 1.165) is 10.9 Å². The van der Waals surface area contributed by atoms with Crippen LogP contribution in [0.1, 0.15) is 35.9 Å². The largest absolute Gasteiger partial charge is 0.451 e. The SMILES string of the molecule is Cc1c(C(=O)N(Cc2nnc(-c3ccccc3Cl)o2)C(C)C)oc2ccccc12. The Morgan fingerprint density at radius 3 is 2.52 bits per heavy atom. The number of aromatic nitrogens is 2. The van der Waals surface area contributed by atoms with E-state index in [2.05, 4.69) is 10.2 Å². The van der Waals surface area contributed by atoms with E-state index in [0.29, 0.717) is 33.7 Å². The molecule has 0 saturated carbocycles. The predicted molar refractivity (Wildman–Crippen MR) is 111 cm³/mol. The lowest BCUT2D eigenvalue weighted by molar-refractivity contribution is 0.0641. The van der Waals surface area contributed by atoms with Crippen LogP contribution in [-0.4, -0.2) is 27.0 Å². The normalized spacial score (nSPS) is 11.3.